The molecule has 19 heavy (non-hydrogen) atoms. The molecule has 1 aliphatic rings. The minimum atomic E-state index is -0.920. The minimum Gasteiger partial charge on any atom is -0.486 e. The van der Waals surface area contributed by atoms with Gasteiger partial charge in [0.15, 0.2) is 0 Å². The maximum Gasteiger partial charge on any atom is 0.335 e. The van der Waals surface area contributed by atoms with Crippen LogP contribution in [0, 0.1) is 5.92 Å². The van der Waals surface area contributed by atoms with Gasteiger partial charge in [0, 0.05) is 12.5 Å². The highest BCUT2D eigenvalue weighted by Gasteiger charge is 2.24. The molecule has 1 aliphatic heterocycles. The van der Waals surface area contributed by atoms with Gasteiger partial charge in [-0.15, -0.1) is 0 Å². The van der Waals surface area contributed by atoms with Gasteiger partial charge < -0.3 is 15.2 Å². The maximum absolute atomic E-state index is 10.8. The van der Waals surface area contributed by atoms with Crippen molar-refractivity contribution in [1.29, 1.82) is 0 Å². The van der Waals surface area contributed by atoms with Gasteiger partial charge in [-0.25, -0.2) is 4.79 Å². The van der Waals surface area contributed by atoms with Crippen LogP contribution >= 0.6 is 0 Å². The molecule has 2 rings (SSSR count). The second kappa shape index (κ2) is 6.38. The number of carboxylic acid groups (broad SMARTS) is 1. The molecule has 2 N–H and O–H groups in total. The van der Waals surface area contributed by atoms with Crippen LogP contribution < -0.4 is 10.1 Å². The van der Waals surface area contributed by atoms with Gasteiger partial charge in [0.05, 0.1) is 5.56 Å². The first kappa shape index (κ1) is 13.6. The summed E-state index contributed by atoms with van der Waals surface area (Å²) in [5, 5.41) is 12.2. The van der Waals surface area contributed by atoms with Gasteiger partial charge in [-0.1, -0.05) is 6.08 Å². The highest BCUT2D eigenvalue weighted by Crippen LogP contribution is 2.21. The Morgan fingerprint density at radius 2 is 2.21 bits per heavy atom. The van der Waals surface area contributed by atoms with Gasteiger partial charge in [-0.2, -0.15) is 0 Å². The Labute approximate surface area is 113 Å². The second-order valence-corrected chi connectivity index (χ2v) is 4.69. The van der Waals surface area contributed by atoms with Crippen LogP contribution in [-0.4, -0.2) is 30.3 Å². The van der Waals surface area contributed by atoms with Gasteiger partial charge in [0.1, 0.15) is 11.9 Å². The standard InChI is InChI=1S/C15H19NO3/c1-2-3-14(12-8-9-16-10-12)19-13-6-4-11(5-7-13)15(17)18/h2-7,12,14,16H,8-10H2,1H3,(H,17,18). The molecule has 1 heterocycles. The fraction of sp³-hybridized carbons (Fsp3) is 0.400. The summed E-state index contributed by atoms with van der Waals surface area (Å²) in [5.74, 6) is 0.256. The average Bonchev–Trinajstić information content (AvgIpc) is 2.92. The number of benzene rings is 1. The van der Waals surface area contributed by atoms with E-state index in [1.54, 1.807) is 24.3 Å². The number of hydrogen-bond donors (Lipinski definition) is 2. The summed E-state index contributed by atoms with van der Waals surface area (Å²) in [7, 11) is 0. The number of hydrogen-bond acceptors (Lipinski definition) is 3. The number of aromatic carboxylic acids is 1. The number of carboxylic acids is 1. The molecule has 1 fully saturated rings. The molecule has 0 spiro atoms. The third-order valence-corrected chi connectivity index (χ3v) is 3.32. The molecule has 0 saturated carbocycles. The van der Waals surface area contributed by atoms with E-state index in [0.29, 0.717) is 11.7 Å². The van der Waals surface area contributed by atoms with Gasteiger partial charge in [0.25, 0.3) is 0 Å². The van der Waals surface area contributed by atoms with Crippen molar-refractivity contribution in [3.05, 3.63) is 42.0 Å². The Hall–Kier alpha value is -1.81. The maximum atomic E-state index is 10.8. The van der Waals surface area contributed by atoms with Gasteiger partial charge in [-0.3, -0.25) is 0 Å². The van der Waals surface area contributed by atoms with Gasteiger partial charge >= 0.3 is 5.97 Å². The topological polar surface area (TPSA) is 58.6 Å². The van der Waals surface area contributed by atoms with E-state index < -0.39 is 5.97 Å². The lowest BCUT2D eigenvalue weighted by Crippen LogP contribution is -2.26. The van der Waals surface area contributed by atoms with E-state index in [9.17, 15) is 4.79 Å². The minimum absolute atomic E-state index is 0.0377. The molecule has 0 amide bonds. The van der Waals surface area contributed by atoms with E-state index in [2.05, 4.69) is 11.4 Å². The molecule has 0 radical (unpaired) electrons. The third-order valence-electron chi connectivity index (χ3n) is 3.32. The Morgan fingerprint density at radius 3 is 2.74 bits per heavy atom. The first-order chi connectivity index (χ1) is 9.20. The molecule has 4 heteroatoms. The first-order valence-electron chi connectivity index (χ1n) is 6.54. The molecule has 0 aliphatic carbocycles. The molecular formula is C15H19NO3. The normalized spacial score (nSPS) is 20.6. The number of rotatable bonds is 5. The van der Waals surface area contributed by atoms with Crippen molar-refractivity contribution in [1.82, 2.24) is 5.32 Å². The average molecular weight is 261 g/mol. The number of carbonyl (C=O) groups is 1. The van der Waals surface area contributed by atoms with E-state index in [0.717, 1.165) is 19.5 Å². The van der Waals surface area contributed by atoms with E-state index in [1.165, 1.54) is 0 Å². The smallest absolute Gasteiger partial charge is 0.335 e. The zero-order valence-corrected chi connectivity index (χ0v) is 11.0. The summed E-state index contributed by atoms with van der Waals surface area (Å²) < 4.78 is 5.95. The van der Waals surface area contributed by atoms with Crippen LogP contribution in [0.1, 0.15) is 23.7 Å². The molecular weight excluding hydrogens is 242 g/mol. The van der Waals surface area contributed by atoms with Crippen molar-refractivity contribution >= 4 is 5.97 Å². The lowest BCUT2D eigenvalue weighted by molar-refractivity contribution is 0.0697. The summed E-state index contributed by atoms with van der Waals surface area (Å²) in [6.45, 7) is 3.97. The summed E-state index contributed by atoms with van der Waals surface area (Å²) in [6, 6.07) is 6.55. The van der Waals surface area contributed by atoms with Crippen LogP contribution in [0.4, 0.5) is 0 Å². The predicted molar refractivity (Wildman–Crippen MR) is 73.6 cm³/mol. The van der Waals surface area contributed by atoms with Crippen LogP contribution in [0.5, 0.6) is 5.75 Å². The number of nitrogens with one attached hydrogen (secondary N) is 1. The SMILES string of the molecule is CC=CC(Oc1ccc(C(=O)O)cc1)C1CCNC1. The molecule has 4 nitrogen and oxygen atoms in total. The Kier molecular flexibility index (Phi) is 4.58. The van der Waals surface area contributed by atoms with Crippen molar-refractivity contribution in [2.24, 2.45) is 5.92 Å². The lowest BCUT2D eigenvalue weighted by atomic mass is 10.0. The van der Waals surface area contributed by atoms with Crippen LogP contribution in [-0.2, 0) is 0 Å². The highest BCUT2D eigenvalue weighted by molar-refractivity contribution is 5.87. The molecule has 1 saturated heterocycles. The summed E-state index contributed by atoms with van der Waals surface area (Å²) >= 11 is 0. The molecule has 0 aromatic heterocycles. The fourth-order valence-corrected chi connectivity index (χ4v) is 2.27. The fourth-order valence-electron chi connectivity index (χ4n) is 2.27. The van der Waals surface area contributed by atoms with Crippen LogP contribution in [0.3, 0.4) is 0 Å². The van der Waals surface area contributed by atoms with Crippen LogP contribution in [0.25, 0.3) is 0 Å². The van der Waals surface area contributed by atoms with E-state index in [4.69, 9.17) is 9.84 Å². The molecule has 1 aromatic rings. The molecule has 102 valence electrons. The largest absolute Gasteiger partial charge is 0.486 e. The van der Waals surface area contributed by atoms with Crippen LogP contribution in [0.2, 0.25) is 0 Å². The summed E-state index contributed by atoms with van der Waals surface area (Å²) in [5.41, 5.74) is 0.275. The number of ether oxygens (including phenoxy) is 1. The molecule has 1 aromatic carbocycles. The summed E-state index contributed by atoms with van der Waals surface area (Å²) in [4.78, 5) is 10.8. The van der Waals surface area contributed by atoms with E-state index in [-0.39, 0.29) is 11.7 Å². The van der Waals surface area contributed by atoms with Crippen molar-refractivity contribution in [2.75, 3.05) is 13.1 Å². The molecule has 2 unspecified atom stereocenters. The zero-order chi connectivity index (χ0) is 13.7. The van der Waals surface area contributed by atoms with Crippen molar-refractivity contribution in [3.63, 3.8) is 0 Å². The number of allylic oxidation sites excluding steroid dienone is 1. The lowest BCUT2D eigenvalue weighted by Gasteiger charge is -2.21. The quantitative estimate of drug-likeness (QED) is 0.799. The molecule has 0 bridgehead atoms. The Bertz CT molecular complexity index is 447. The zero-order valence-electron chi connectivity index (χ0n) is 11.0. The second-order valence-electron chi connectivity index (χ2n) is 4.69. The first-order valence-corrected chi connectivity index (χ1v) is 6.54. The van der Waals surface area contributed by atoms with E-state index >= 15 is 0 Å². The third kappa shape index (κ3) is 3.58. The van der Waals surface area contributed by atoms with Gasteiger partial charge in [-0.05, 0) is 50.2 Å². The summed E-state index contributed by atoms with van der Waals surface area (Å²) in [6.07, 6.45) is 5.19. The Balaban J connectivity index is 2.05. The molecule has 2 atom stereocenters. The monoisotopic (exact) mass is 261 g/mol. The van der Waals surface area contributed by atoms with Crippen molar-refractivity contribution in [3.8, 4) is 5.75 Å². The van der Waals surface area contributed by atoms with Crippen molar-refractivity contribution in [2.45, 2.75) is 19.4 Å². The van der Waals surface area contributed by atoms with Gasteiger partial charge in [0.2, 0.25) is 0 Å². The Morgan fingerprint density at radius 1 is 1.47 bits per heavy atom. The highest BCUT2D eigenvalue weighted by atomic mass is 16.5. The van der Waals surface area contributed by atoms with Crippen LogP contribution in [0.15, 0.2) is 36.4 Å². The van der Waals surface area contributed by atoms with E-state index in [1.807, 2.05) is 13.0 Å². The predicted octanol–water partition coefficient (Wildman–Crippen LogP) is 2.32. The van der Waals surface area contributed by atoms with Crippen molar-refractivity contribution < 1.29 is 14.6 Å².